The average molecular weight is 425 g/mol. The first-order valence-electron chi connectivity index (χ1n) is 10.9. The van der Waals surface area contributed by atoms with Crippen molar-refractivity contribution in [3.8, 4) is 0 Å². The van der Waals surface area contributed by atoms with Gasteiger partial charge in [-0.2, -0.15) is 0 Å². The normalized spacial score (nSPS) is 22.2. The third-order valence-electron chi connectivity index (χ3n) is 6.71. The topological polar surface area (TPSA) is 101 Å². The van der Waals surface area contributed by atoms with Gasteiger partial charge >= 0.3 is 6.03 Å². The van der Waals surface area contributed by atoms with E-state index in [1.165, 1.54) is 12.5 Å². The number of hydrogen-bond donors (Lipinski definition) is 1. The van der Waals surface area contributed by atoms with E-state index in [4.69, 9.17) is 9.40 Å². The Balaban J connectivity index is 1.41. The van der Waals surface area contributed by atoms with Crippen molar-refractivity contribution < 1.29 is 14.0 Å². The Morgan fingerprint density at radius 2 is 2.00 bits per heavy atom. The number of hydrogen-bond acceptors (Lipinski definition) is 5. The Morgan fingerprint density at radius 1 is 1.19 bits per heavy atom. The van der Waals surface area contributed by atoms with E-state index in [0.29, 0.717) is 43.7 Å². The molecule has 3 aliphatic rings. The van der Waals surface area contributed by atoms with Crippen molar-refractivity contribution in [3.63, 3.8) is 0 Å². The van der Waals surface area contributed by atoms with E-state index in [-0.39, 0.29) is 35.5 Å². The third kappa shape index (κ3) is 3.23. The SMILES string of the molecule is CC(C)NC(=O)N1CC[C@]2(CCn3c2nc2c(c3=O)CN(C(=O)c3ccoc3)CC2)C1. The monoisotopic (exact) mass is 425 g/mol. The first-order valence-corrected chi connectivity index (χ1v) is 10.9. The van der Waals surface area contributed by atoms with Crippen LogP contribution in [-0.4, -0.2) is 57.0 Å². The van der Waals surface area contributed by atoms with Crippen molar-refractivity contribution >= 4 is 11.9 Å². The summed E-state index contributed by atoms with van der Waals surface area (Å²) in [4.78, 5) is 47.0. The molecule has 2 aromatic rings. The van der Waals surface area contributed by atoms with E-state index in [0.717, 1.165) is 24.4 Å². The quantitative estimate of drug-likeness (QED) is 0.786. The lowest BCUT2D eigenvalue weighted by atomic mass is 9.85. The molecule has 1 atom stereocenters. The van der Waals surface area contributed by atoms with Gasteiger partial charge in [0.05, 0.1) is 29.6 Å². The summed E-state index contributed by atoms with van der Waals surface area (Å²) in [6.07, 6.45) is 5.07. The highest BCUT2D eigenvalue weighted by molar-refractivity contribution is 5.93. The smallest absolute Gasteiger partial charge is 0.317 e. The fourth-order valence-electron chi connectivity index (χ4n) is 5.08. The van der Waals surface area contributed by atoms with E-state index in [1.807, 2.05) is 18.7 Å². The first kappa shape index (κ1) is 19.8. The summed E-state index contributed by atoms with van der Waals surface area (Å²) in [7, 11) is 0. The standard InChI is InChI=1S/C22H27N5O4/c1-14(2)23-21(30)26-8-5-22(13-26)6-9-27-19(29)16-11-25(7-3-17(16)24-20(22)27)18(28)15-4-10-31-12-15/h4,10,12,14H,3,5-9,11,13H2,1-2H3,(H,23,30)/t22-/m0/s1. The van der Waals surface area contributed by atoms with Crippen molar-refractivity contribution in [2.45, 2.75) is 57.7 Å². The molecule has 31 heavy (non-hydrogen) atoms. The van der Waals surface area contributed by atoms with Gasteiger partial charge in [0.2, 0.25) is 0 Å². The lowest BCUT2D eigenvalue weighted by molar-refractivity contribution is 0.0731. The van der Waals surface area contributed by atoms with Crippen LogP contribution in [0.15, 0.2) is 27.8 Å². The van der Waals surface area contributed by atoms with Gasteiger partial charge in [-0.25, -0.2) is 9.78 Å². The van der Waals surface area contributed by atoms with Crippen LogP contribution < -0.4 is 10.9 Å². The molecule has 3 aliphatic heterocycles. The summed E-state index contributed by atoms with van der Waals surface area (Å²) < 4.78 is 6.79. The maximum atomic E-state index is 13.3. The fourth-order valence-corrected chi connectivity index (χ4v) is 5.08. The van der Waals surface area contributed by atoms with Crippen LogP contribution in [0.1, 0.15) is 54.1 Å². The summed E-state index contributed by atoms with van der Waals surface area (Å²) >= 11 is 0. The van der Waals surface area contributed by atoms with E-state index < -0.39 is 0 Å². The molecule has 0 saturated carbocycles. The molecule has 9 nitrogen and oxygen atoms in total. The lowest BCUT2D eigenvalue weighted by Gasteiger charge is -2.29. The number of amides is 3. The summed E-state index contributed by atoms with van der Waals surface area (Å²) in [6, 6.07) is 1.66. The lowest BCUT2D eigenvalue weighted by Crippen LogP contribution is -2.44. The maximum absolute atomic E-state index is 13.3. The van der Waals surface area contributed by atoms with Crippen molar-refractivity contribution in [2.24, 2.45) is 0 Å². The molecule has 2 aromatic heterocycles. The molecular weight excluding hydrogens is 398 g/mol. The molecule has 1 spiro atoms. The van der Waals surface area contributed by atoms with Crippen LogP contribution in [0.25, 0.3) is 0 Å². The first-order chi connectivity index (χ1) is 14.9. The second kappa shape index (κ2) is 7.25. The molecule has 1 N–H and O–H groups in total. The van der Waals surface area contributed by atoms with Gasteiger partial charge in [0, 0.05) is 44.1 Å². The van der Waals surface area contributed by atoms with Crippen molar-refractivity contribution in [3.05, 3.63) is 51.6 Å². The van der Waals surface area contributed by atoms with Crippen molar-refractivity contribution in [1.29, 1.82) is 0 Å². The van der Waals surface area contributed by atoms with Gasteiger partial charge in [0.15, 0.2) is 0 Å². The van der Waals surface area contributed by atoms with E-state index in [1.54, 1.807) is 15.5 Å². The van der Waals surface area contributed by atoms with E-state index in [9.17, 15) is 14.4 Å². The second-order valence-corrected chi connectivity index (χ2v) is 9.11. The highest BCUT2D eigenvalue weighted by Crippen LogP contribution is 2.41. The zero-order chi connectivity index (χ0) is 21.8. The number of aromatic nitrogens is 2. The van der Waals surface area contributed by atoms with E-state index >= 15 is 0 Å². The fraction of sp³-hybridized carbons (Fsp3) is 0.545. The summed E-state index contributed by atoms with van der Waals surface area (Å²) in [5.74, 6) is 0.675. The molecule has 1 fully saturated rings. The predicted molar refractivity (Wildman–Crippen MR) is 112 cm³/mol. The Hall–Kier alpha value is -3.10. The van der Waals surface area contributed by atoms with Crippen molar-refractivity contribution in [1.82, 2.24) is 24.7 Å². The molecule has 5 rings (SSSR count). The molecule has 0 aromatic carbocycles. The number of fused-ring (bicyclic) bond motifs is 3. The zero-order valence-electron chi connectivity index (χ0n) is 17.9. The number of furan rings is 1. The summed E-state index contributed by atoms with van der Waals surface area (Å²) in [5, 5.41) is 2.96. The number of urea groups is 1. The summed E-state index contributed by atoms with van der Waals surface area (Å²) in [5.41, 5.74) is 1.58. The van der Waals surface area contributed by atoms with E-state index in [2.05, 4.69) is 5.32 Å². The Morgan fingerprint density at radius 3 is 2.74 bits per heavy atom. The largest absolute Gasteiger partial charge is 0.472 e. The zero-order valence-corrected chi connectivity index (χ0v) is 17.9. The highest BCUT2D eigenvalue weighted by Gasteiger charge is 2.48. The number of rotatable bonds is 2. The molecule has 0 unspecified atom stereocenters. The van der Waals surface area contributed by atoms with Crippen LogP contribution in [0.2, 0.25) is 0 Å². The van der Waals surface area contributed by atoms with Crippen LogP contribution >= 0.6 is 0 Å². The van der Waals surface area contributed by atoms with Gasteiger partial charge in [-0.1, -0.05) is 0 Å². The second-order valence-electron chi connectivity index (χ2n) is 9.11. The Bertz CT molecular complexity index is 1090. The van der Waals surface area contributed by atoms with Gasteiger partial charge in [-0.05, 0) is 32.8 Å². The van der Waals surface area contributed by atoms with Crippen LogP contribution in [0, 0.1) is 0 Å². The summed E-state index contributed by atoms with van der Waals surface area (Å²) in [6.45, 7) is 6.53. The minimum absolute atomic E-state index is 0.0494. The minimum atomic E-state index is -0.258. The van der Waals surface area contributed by atoms with Gasteiger partial charge in [-0.15, -0.1) is 0 Å². The molecule has 1 saturated heterocycles. The van der Waals surface area contributed by atoms with Crippen molar-refractivity contribution in [2.75, 3.05) is 19.6 Å². The Labute approximate surface area is 180 Å². The number of likely N-dealkylation sites (tertiary alicyclic amines) is 1. The molecular formula is C22H27N5O4. The number of carbonyl (C=O) groups excluding carboxylic acids is 2. The molecule has 0 radical (unpaired) electrons. The molecule has 0 bridgehead atoms. The number of carbonyl (C=O) groups is 2. The van der Waals surface area contributed by atoms with Gasteiger partial charge in [-0.3, -0.25) is 14.2 Å². The molecule has 164 valence electrons. The van der Waals surface area contributed by atoms with Gasteiger partial charge < -0.3 is 19.5 Å². The molecule has 5 heterocycles. The minimum Gasteiger partial charge on any atom is -0.472 e. The molecule has 9 heteroatoms. The van der Waals surface area contributed by atoms with Crippen LogP contribution in [0.5, 0.6) is 0 Å². The third-order valence-corrected chi connectivity index (χ3v) is 6.71. The molecule has 0 aliphatic carbocycles. The van der Waals surface area contributed by atoms with Crippen LogP contribution in [0.4, 0.5) is 4.79 Å². The average Bonchev–Trinajstić information content (AvgIpc) is 3.49. The van der Waals surface area contributed by atoms with Gasteiger partial charge in [0.1, 0.15) is 12.1 Å². The van der Waals surface area contributed by atoms with Crippen LogP contribution in [0.3, 0.4) is 0 Å². The molecule has 3 amide bonds. The highest BCUT2D eigenvalue weighted by atomic mass is 16.3. The maximum Gasteiger partial charge on any atom is 0.317 e. The predicted octanol–water partition coefficient (Wildman–Crippen LogP) is 1.50. The Kier molecular flexibility index (Phi) is 4.64. The number of nitrogens with zero attached hydrogens (tertiary/aromatic N) is 4. The van der Waals surface area contributed by atoms with Gasteiger partial charge in [0.25, 0.3) is 11.5 Å². The van der Waals surface area contributed by atoms with Crippen LogP contribution in [-0.2, 0) is 24.9 Å². The number of nitrogens with one attached hydrogen (secondary N) is 1.